The van der Waals surface area contributed by atoms with Crippen molar-refractivity contribution in [2.45, 2.75) is 25.7 Å². The molecule has 0 N–H and O–H groups in total. The number of carbonyl (C=O) groups excluding carboxylic acids is 2. The largest absolute Gasteiger partial charge is 0.460 e. The molecular formula is C12H14O3S. The Hall–Kier alpha value is -1.29. The van der Waals surface area contributed by atoms with E-state index in [0.717, 1.165) is 27.8 Å². The molecule has 1 aromatic carbocycles. The first kappa shape index (κ1) is 12.8. The SMILES string of the molecule is CCOC(=O)C(=O)Sc1ccc(C)cc1C. The van der Waals surface area contributed by atoms with E-state index < -0.39 is 11.1 Å². The lowest BCUT2D eigenvalue weighted by Crippen LogP contribution is -2.13. The van der Waals surface area contributed by atoms with Crippen LogP contribution in [0.1, 0.15) is 18.1 Å². The number of hydrogen-bond acceptors (Lipinski definition) is 4. The van der Waals surface area contributed by atoms with Crippen LogP contribution >= 0.6 is 11.8 Å². The van der Waals surface area contributed by atoms with Crippen LogP contribution in [0.15, 0.2) is 23.1 Å². The predicted octanol–water partition coefficient (Wildman–Crippen LogP) is 2.49. The molecule has 0 heterocycles. The zero-order valence-electron chi connectivity index (χ0n) is 9.57. The van der Waals surface area contributed by atoms with Gasteiger partial charge in [0.05, 0.1) is 6.61 Å². The number of thioether (sulfide) groups is 1. The third kappa shape index (κ3) is 3.38. The van der Waals surface area contributed by atoms with Gasteiger partial charge >= 0.3 is 11.1 Å². The molecule has 0 aliphatic heterocycles. The Labute approximate surface area is 99.2 Å². The molecule has 1 aromatic rings. The van der Waals surface area contributed by atoms with E-state index in [1.807, 2.05) is 32.0 Å². The van der Waals surface area contributed by atoms with Gasteiger partial charge in [-0.2, -0.15) is 0 Å². The second-order valence-electron chi connectivity index (χ2n) is 3.38. The maximum Gasteiger partial charge on any atom is 0.386 e. The van der Waals surface area contributed by atoms with E-state index in [-0.39, 0.29) is 6.61 Å². The first-order chi connectivity index (χ1) is 7.54. The third-order valence-electron chi connectivity index (χ3n) is 1.98. The van der Waals surface area contributed by atoms with Gasteiger partial charge in [0, 0.05) is 4.90 Å². The van der Waals surface area contributed by atoms with Crippen LogP contribution in [0.4, 0.5) is 0 Å². The molecule has 0 saturated carbocycles. The second kappa shape index (κ2) is 5.70. The Morgan fingerprint density at radius 1 is 1.31 bits per heavy atom. The van der Waals surface area contributed by atoms with Gasteiger partial charge in [-0.05, 0) is 44.2 Å². The summed E-state index contributed by atoms with van der Waals surface area (Å²) >= 11 is 0.914. The molecule has 0 spiro atoms. The van der Waals surface area contributed by atoms with E-state index in [4.69, 9.17) is 0 Å². The molecule has 0 fully saturated rings. The van der Waals surface area contributed by atoms with Gasteiger partial charge in [-0.15, -0.1) is 0 Å². The van der Waals surface area contributed by atoms with Crippen molar-refractivity contribution in [3.05, 3.63) is 29.3 Å². The van der Waals surface area contributed by atoms with E-state index in [2.05, 4.69) is 4.74 Å². The summed E-state index contributed by atoms with van der Waals surface area (Å²) in [4.78, 5) is 23.4. The molecule has 0 bridgehead atoms. The molecule has 3 nitrogen and oxygen atoms in total. The lowest BCUT2D eigenvalue weighted by atomic mass is 10.2. The number of aryl methyl sites for hydroxylation is 2. The molecule has 16 heavy (non-hydrogen) atoms. The Kier molecular flexibility index (Phi) is 4.55. The van der Waals surface area contributed by atoms with Crippen LogP contribution in [0.2, 0.25) is 0 Å². The smallest absolute Gasteiger partial charge is 0.386 e. The van der Waals surface area contributed by atoms with Crippen molar-refractivity contribution in [3.8, 4) is 0 Å². The van der Waals surface area contributed by atoms with E-state index >= 15 is 0 Å². The first-order valence-electron chi connectivity index (χ1n) is 5.00. The summed E-state index contributed by atoms with van der Waals surface area (Å²) in [6, 6.07) is 5.72. The summed E-state index contributed by atoms with van der Waals surface area (Å²) in [7, 11) is 0. The molecule has 0 aliphatic carbocycles. The summed E-state index contributed by atoms with van der Waals surface area (Å²) in [5.41, 5.74) is 2.12. The lowest BCUT2D eigenvalue weighted by molar-refractivity contribution is -0.149. The number of ether oxygens (including phenoxy) is 1. The minimum absolute atomic E-state index is 0.220. The first-order valence-corrected chi connectivity index (χ1v) is 5.82. The monoisotopic (exact) mass is 238 g/mol. The highest BCUT2D eigenvalue weighted by molar-refractivity contribution is 8.15. The van der Waals surface area contributed by atoms with Crippen LogP contribution in [0.25, 0.3) is 0 Å². The van der Waals surface area contributed by atoms with Crippen LogP contribution in [0, 0.1) is 13.8 Å². The minimum atomic E-state index is -0.785. The lowest BCUT2D eigenvalue weighted by Gasteiger charge is -2.05. The van der Waals surface area contributed by atoms with Crippen molar-refractivity contribution in [1.29, 1.82) is 0 Å². The van der Waals surface area contributed by atoms with Crippen molar-refractivity contribution in [3.63, 3.8) is 0 Å². The third-order valence-corrected chi connectivity index (χ3v) is 3.01. The van der Waals surface area contributed by atoms with Gasteiger partial charge in [0.25, 0.3) is 0 Å². The number of hydrogen-bond donors (Lipinski definition) is 0. The van der Waals surface area contributed by atoms with Gasteiger partial charge in [-0.25, -0.2) is 4.79 Å². The molecule has 0 radical (unpaired) electrons. The fourth-order valence-electron chi connectivity index (χ4n) is 1.25. The zero-order valence-corrected chi connectivity index (χ0v) is 10.4. The van der Waals surface area contributed by atoms with E-state index in [9.17, 15) is 9.59 Å². The second-order valence-corrected chi connectivity index (χ2v) is 4.39. The number of benzene rings is 1. The summed E-state index contributed by atoms with van der Waals surface area (Å²) in [6.07, 6.45) is 0. The van der Waals surface area contributed by atoms with Crippen molar-refractivity contribution >= 4 is 22.8 Å². The summed E-state index contributed by atoms with van der Waals surface area (Å²) < 4.78 is 4.63. The highest BCUT2D eigenvalue weighted by Crippen LogP contribution is 2.24. The zero-order chi connectivity index (χ0) is 12.1. The summed E-state index contributed by atoms with van der Waals surface area (Å²) in [5, 5.41) is -0.575. The van der Waals surface area contributed by atoms with Crippen LogP contribution in [-0.4, -0.2) is 17.7 Å². The van der Waals surface area contributed by atoms with Gasteiger partial charge in [-0.3, -0.25) is 4.79 Å². The Morgan fingerprint density at radius 3 is 2.56 bits per heavy atom. The number of esters is 1. The van der Waals surface area contributed by atoms with Gasteiger partial charge in [0.1, 0.15) is 0 Å². The van der Waals surface area contributed by atoms with Gasteiger partial charge in [0.2, 0.25) is 0 Å². The quantitative estimate of drug-likeness (QED) is 0.451. The summed E-state index contributed by atoms with van der Waals surface area (Å²) in [5.74, 6) is -0.785. The molecule has 0 amide bonds. The number of rotatable bonds is 2. The molecule has 0 atom stereocenters. The van der Waals surface area contributed by atoms with Crippen molar-refractivity contribution in [1.82, 2.24) is 0 Å². The Morgan fingerprint density at radius 2 is 2.00 bits per heavy atom. The molecule has 86 valence electrons. The van der Waals surface area contributed by atoms with Crippen molar-refractivity contribution in [2.75, 3.05) is 6.61 Å². The molecular weight excluding hydrogens is 224 g/mol. The van der Waals surface area contributed by atoms with Gasteiger partial charge < -0.3 is 4.74 Å². The van der Waals surface area contributed by atoms with E-state index in [0.29, 0.717) is 0 Å². The van der Waals surface area contributed by atoms with Crippen LogP contribution in [-0.2, 0) is 14.3 Å². The average Bonchev–Trinajstić information content (AvgIpc) is 2.22. The Balaban J connectivity index is 2.73. The van der Waals surface area contributed by atoms with Crippen LogP contribution < -0.4 is 0 Å². The van der Waals surface area contributed by atoms with Crippen LogP contribution in [0.5, 0.6) is 0 Å². The van der Waals surface area contributed by atoms with E-state index in [1.54, 1.807) is 6.92 Å². The van der Waals surface area contributed by atoms with Crippen molar-refractivity contribution in [2.24, 2.45) is 0 Å². The topological polar surface area (TPSA) is 43.4 Å². The predicted molar refractivity (Wildman–Crippen MR) is 63.4 cm³/mol. The molecule has 0 aromatic heterocycles. The average molecular weight is 238 g/mol. The fraction of sp³-hybridized carbons (Fsp3) is 0.333. The highest BCUT2D eigenvalue weighted by atomic mass is 32.2. The molecule has 0 unspecified atom stereocenters. The maximum atomic E-state index is 11.4. The maximum absolute atomic E-state index is 11.4. The summed E-state index contributed by atoms with van der Waals surface area (Å²) in [6.45, 7) is 5.79. The molecule has 0 aliphatic rings. The standard InChI is InChI=1S/C12H14O3S/c1-4-15-11(13)12(14)16-10-6-5-8(2)7-9(10)3/h5-7H,4H2,1-3H3. The van der Waals surface area contributed by atoms with Crippen molar-refractivity contribution < 1.29 is 14.3 Å². The molecule has 1 rings (SSSR count). The van der Waals surface area contributed by atoms with Crippen LogP contribution in [0.3, 0.4) is 0 Å². The normalized spacial score (nSPS) is 9.94. The minimum Gasteiger partial charge on any atom is -0.460 e. The fourth-order valence-corrected chi connectivity index (χ4v) is 1.94. The molecule has 4 heteroatoms. The van der Waals surface area contributed by atoms with Gasteiger partial charge in [-0.1, -0.05) is 17.7 Å². The molecule has 0 saturated heterocycles. The van der Waals surface area contributed by atoms with Gasteiger partial charge in [0.15, 0.2) is 0 Å². The van der Waals surface area contributed by atoms with E-state index in [1.165, 1.54) is 0 Å². The number of carbonyl (C=O) groups is 2. The Bertz CT molecular complexity index is 413. The highest BCUT2D eigenvalue weighted by Gasteiger charge is 2.17.